The topological polar surface area (TPSA) is 72.6 Å². The fraction of sp³-hybridized carbons (Fsp3) is 0.400. The molecule has 0 atom stereocenters. The fourth-order valence-corrected chi connectivity index (χ4v) is 3.16. The molecule has 0 saturated carbocycles. The molecule has 0 fully saturated rings. The van der Waals surface area contributed by atoms with Crippen LogP contribution in [-0.4, -0.2) is 44.0 Å². The first-order valence-electron chi connectivity index (χ1n) is 9.11. The molecule has 7 heteroatoms. The van der Waals surface area contributed by atoms with Gasteiger partial charge in [-0.05, 0) is 50.5 Å². The van der Waals surface area contributed by atoms with Crippen LogP contribution in [0.25, 0.3) is 5.78 Å². The highest BCUT2D eigenvalue weighted by molar-refractivity contribution is 5.76. The number of hydrogen-bond donors (Lipinski definition) is 0. The Labute approximate surface area is 159 Å². The second-order valence-electron chi connectivity index (χ2n) is 6.56. The quantitative estimate of drug-likeness (QED) is 0.642. The first-order chi connectivity index (χ1) is 13.0. The zero-order chi connectivity index (χ0) is 19.4. The smallest absolute Gasteiger partial charge is 0.252 e. The Balaban J connectivity index is 1.62. The van der Waals surface area contributed by atoms with Crippen molar-refractivity contribution in [1.29, 1.82) is 0 Å². The van der Waals surface area contributed by atoms with E-state index in [4.69, 9.17) is 4.74 Å². The van der Waals surface area contributed by atoms with E-state index in [9.17, 15) is 4.79 Å². The predicted octanol–water partition coefficient (Wildman–Crippen LogP) is 2.73. The monoisotopic (exact) mass is 367 g/mol. The molecule has 27 heavy (non-hydrogen) atoms. The van der Waals surface area contributed by atoms with E-state index < -0.39 is 0 Å². The minimum atomic E-state index is 0.0985. The van der Waals surface area contributed by atoms with Crippen LogP contribution < -0.4 is 4.74 Å². The molecule has 0 unspecified atom stereocenters. The third kappa shape index (κ3) is 4.24. The average molecular weight is 367 g/mol. The number of amides is 1. The highest BCUT2D eigenvalue weighted by atomic mass is 16.5. The van der Waals surface area contributed by atoms with Crippen molar-refractivity contribution in [3.8, 4) is 5.75 Å². The van der Waals surface area contributed by atoms with Crippen LogP contribution in [0.3, 0.4) is 0 Å². The van der Waals surface area contributed by atoms with E-state index in [0.717, 1.165) is 28.3 Å². The largest absolute Gasteiger partial charge is 0.494 e. The highest BCUT2D eigenvalue weighted by Crippen LogP contribution is 2.17. The summed E-state index contributed by atoms with van der Waals surface area (Å²) in [5.74, 6) is 1.53. The van der Waals surface area contributed by atoms with Gasteiger partial charge >= 0.3 is 0 Å². The summed E-state index contributed by atoms with van der Waals surface area (Å²) in [7, 11) is 1.83. The van der Waals surface area contributed by atoms with Crippen LogP contribution in [0.1, 0.15) is 35.9 Å². The van der Waals surface area contributed by atoms with Gasteiger partial charge in [-0.25, -0.2) is 9.50 Å². The van der Waals surface area contributed by atoms with E-state index in [1.807, 2.05) is 52.1 Å². The van der Waals surface area contributed by atoms with E-state index in [1.165, 1.54) is 6.33 Å². The molecule has 0 saturated heterocycles. The van der Waals surface area contributed by atoms with Crippen molar-refractivity contribution in [2.45, 2.75) is 40.2 Å². The third-order valence-corrected chi connectivity index (χ3v) is 4.66. The maximum absolute atomic E-state index is 12.6. The van der Waals surface area contributed by atoms with Crippen LogP contribution in [0.5, 0.6) is 5.75 Å². The Kier molecular flexibility index (Phi) is 5.69. The maximum Gasteiger partial charge on any atom is 0.252 e. The zero-order valence-corrected chi connectivity index (χ0v) is 16.3. The maximum atomic E-state index is 12.6. The van der Waals surface area contributed by atoms with Crippen molar-refractivity contribution in [3.05, 3.63) is 53.1 Å². The van der Waals surface area contributed by atoms with Crippen molar-refractivity contribution in [2.24, 2.45) is 0 Å². The summed E-state index contributed by atoms with van der Waals surface area (Å²) in [6.07, 6.45) is 2.55. The molecule has 1 amide bonds. The van der Waals surface area contributed by atoms with Crippen molar-refractivity contribution in [2.75, 3.05) is 13.7 Å². The number of ether oxygens (including phenoxy) is 1. The van der Waals surface area contributed by atoms with E-state index in [0.29, 0.717) is 31.8 Å². The van der Waals surface area contributed by atoms with Gasteiger partial charge in [0.15, 0.2) is 0 Å². The molecule has 0 aliphatic carbocycles. The van der Waals surface area contributed by atoms with Gasteiger partial charge in [-0.3, -0.25) is 4.79 Å². The van der Waals surface area contributed by atoms with Gasteiger partial charge in [-0.15, -0.1) is 0 Å². The highest BCUT2D eigenvalue weighted by Gasteiger charge is 2.15. The van der Waals surface area contributed by atoms with E-state index in [1.54, 1.807) is 9.42 Å². The summed E-state index contributed by atoms with van der Waals surface area (Å²) in [5.41, 5.74) is 4.01. The molecule has 0 N–H and O–H groups in total. The first kappa shape index (κ1) is 18.8. The average Bonchev–Trinajstić information content (AvgIpc) is 3.11. The Bertz CT molecular complexity index is 933. The van der Waals surface area contributed by atoms with Crippen LogP contribution in [-0.2, 0) is 17.8 Å². The minimum Gasteiger partial charge on any atom is -0.494 e. The summed E-state index contributed by atoms with van der Waals surface area (Å²) < 4.78 is 7.17. The lowest BCUT2D eigenvalue weighted by molar-refractivity contribution is -0.130. The summed E-state index contributed by atoms with van der Waals surface area (Å²) in [4.78, 5) is 22.9. The van der Waals surface area contributed by atoms with Crippen LogP contribution in [0, 0.1) is 13.8 Å². The second-order valence-corrected chi connectivity index (χ2v) is 6.56. The molecule has 7 nitrogen and oxygen atoms in total. The van der Waals surface area contributed by atoms with Gasteiger partial charge in [0.1, 0.15) is 12.1 Å². The zero-order valence-electron chi connectivity index (χ0n) is 16.3. The summed E-state index contributed by atoms with van der Waals surface area (Å²) in [6.45, 7) is 7.11. The Hall–Kier alpha value is -2.96. The lowest BCUT2D eigenvalue weighted by Gasteiger charge is -2.18. The summed E-state index contributed by atoms with van der Waals surface area (Å²) >= 11 is 0. The van der Waals surface area contributed by atoms with Crippen LogP contribution in [0.15, 0.2) is 30.6 Å². The molecule has 0 bridgehead atoms. The Morgan fingerprint density at radius 1 is 1.22 bits per heavy atom. The van der Waals surface area contributed by atoms with Gasteiger partial charge in [0, 0.05) is 31.4 Å². The molecule has 2 aromatic heterocycles. The van der Waals surface area contributed by atoms with Gasteiger partial charge < -0.3 is 9.64 Å². The fourth-order valence-electron chi connectivity index (χ4n) is 3.16. The number of rotatable bonds is 7. The number of aryl methyl sites for hydroxylation is 2. The van der Waals surface area contributed by atoms with Crippen molar-refractivity contribution in [1.82, 2.24) is 24.5 Å². The Morgan fingerprint density at radius 3 is 2.67 bits per heavy atom. The number of aromatic nitrogens is 4. The number of fused-ring (bicyclic) bond motifs is 1. The molecule has 3 aromatic rings. The molecule has 0 aliphatic heterocycles. The molecule has 0 spiro atoms. The lowest BCUT2D eigenvalue weighted by atomic mass is 10.1. The molecule has 1 aromatic carbocycles. The summed E-state index contributed by atoms with van der Waals surface area (Å²) in [5, 5.41) is 4.20. The van der Waals surface area contributed by atoms with Crippen molar-refractivity contribution in [3.63, 3.8) is 0 Å². The molecule has 3 rings (SSSR count). The normalized spacial score (nSPS) is 11.0. The number of carbonyl (C=O) groups is 1. The molecule has 2 heterocycles. The second kappa shape index (κ2) is 8.16. The molecule has 142 valence electrons. The molecular weight excluding hydrogens is 342 g/mol. The van der Waals surface area contributed by atoms with E-state index >= 15 is 0 Å². The van der Waals surface area contributed by atoms with E-state index in [2.05, 4.69) is 15.1 Å². The number of benzene rings is 1. The molecule has 0 radical (unpaired) electrons. The van der Waals surface area contributed by atoms with Gasteiger partial charge in [0.05, 0.1) is 6.61 Å². The first-order valence-corrected chi connectivity index (χ1v) is 9.11. The molecule has 0 aliphatic rings. The van der Waals surface area contributed by atoms with Crippen LogP contribution >= 0.6 is 0 Å². The van der Waals surface area contributed by atoms with Gasteiger partial charge in [0.25, 0.3) is 5.78 Å². The number of carbonyl (C=O) groups excluding carboxylic acids is 1. The van der Waals surface area contributed by atoms with E-state index in [-0.39, 0.29) is 5.91 Å². The standard InChI is InChI=1S/C20H25N5O2/c1-5-27-17-8-6-16(7-9-17)12-24(4)19(26)11-10-18-14(2)23-20-21-13-22-25(20)15(18)3/h6-9,13H,5,10-12H2,1-4H3. The Morgan fingerprint density at radius 2 is 1.96 bits per heavy atom. The third-order valence-electron chi connectivity index (χ3n) is 4.66. The molecular formula is C20H25N5O2. The minimum absolute atomic E-state index is 0.0985. The number of hydrogen-bond acceptors (Lipinski definition) is 5. The van der Waals surface area contributed by atoms with Gasteiger partial charge in [-0.2, -0.15) is 10.1 Å². The number of nitrogens with zero attached hydrogens (tertiary/aromatic N) is 5. The van der Waals surface area contributed by atoms with Gasteiger partial charge in [0.2, 0.25) is 5.91 Å². The predicted molar refractivity (Wildman–Crippen MR) is 103 cm³/mol. The summed E-state index contributed by atoms with van der Waals surface area (Å²) in [6, 6.07) is 7.85. The van der Waals surface area contributed by atoms with Gasteiger partial charge in [-0.1, -0.05) is 12.1 Å². The SMILES string of the molecule is CCOc1ccc(CN(C)C(=O)CCc2c(C)nc3ncnn3c2C)cc1. The lowest BCUT2D eigenvalue weighted by Crippen LogP contribution is -2.26. The van der Waals surface area contributed by atoms with Crippen LogP contribution in [0.4, 0.5) is 0 Å². The van der Waals surface area contributed by atoms with Crippen LogP contribution in [0.2, 0.25) is 0 Å². The van der Waals surface area contributed by atoms with Crippen molar-refractivity contribution < 1.29 is 9.53 Å². The van der Waals surface area contributed by atoms with Crippen molar-refractivity contribution >= 4 is 11.7 Å².